The third kappa shape index (κ3) is 3.42. The first-order valence-electron chi connectivity index (χ1n) is 8.22. The quantitative estimate of drug-likeness (QED) is 0.887. The smallest absolute Gasteiger partial charge is 0.322 e. The molecular formula is C19H17F3N2O2. The molecule has 3 rings (SSSR count). The maximum atomic E-state index is 13.1. The van der Waals surface area contributed by atoms with Gasteiger partial charge in [0.25, 0.3) is 5.91 Å². The molecule has 136 valence electrons. The summed E-state index contributed by atoms with van der Waals surface area (Å²) in [5.41, 5.74) is 0.656. The lowest BCUT2D eigenvalue weighted by atomic mass is 10.00. The molecule has 0 saturated heterocycles. The van der Waals surface area contributed by atoms with Crippen molar-refractivity contribution in [2.45, 2.75) is 25.9 Å². The standard InChI is InChI=1S/C19H17F3N2O2/c1-2-24-16-9-8-13(11-12(16)7-10-17(24)25)23-18(26)14-5-3-4-6-15(14)19(20,21)22/h3-6,8-9,11H,2,7,10H2,1H3,(H,23,26). The lowest BCUT2D eigenvalue weighted by Crippen LogP contribution is -2.34. The van der Waals surface area contributed by atoms with Gasteiger partial charge in [0, 0.05) is 24.3 Å². The van der Waals surface area contributed by atoms with Crippen LogP contribution in [0.15, 0.2) is 42.5 Å². The molecule has 2 aromatic carbocycles. The van der Waals surface area contributed by atoms with Gasteiger partial charge in [-0.1, -0.05) is 12.1 Å². The number of aryl methyl sites for hydroxylation is 1. The van der Waals surface area contributed by atoms with Gasteiger partial charge in [0.15, 0.2) is 0 Å². The van der Waals surface area contributed by atoms with Crippen LogP contribution in [0.25, 0.3) is 0 Å². The van der Waals surface area contributed by atoms with Crippen LogP contribution in [0.4, 0.5) is 24.5 Å². The van der Waals surface area contributed by atoms with Gasteiger partial charge in [-0.25, -0.2) is 0 Å². The third-order valence-electron chi connectivity index (χ3n) is 4.33. The van der Waals surface area contributed by atoms with Crippen LogP contribution in [0.1, 0.15) is 34.8 Å². The number of hydrogen-bond acceptors (Lipinski definition) is 2. The Labute approximate surface area is 148 Å². The summed E-state index contributed by atoms with van der Waals surface area (Å²) >= 11 is 0. The Morgan fingerprint density at radius 2 is 1.88 bits per heavy atom. The number of nitrogens with zero attached hydrogens (tertiary/aromatic N) is 1. The van der Waals surface area contributed by atoms with E-state index in [2.05, 4.69) is 5.32 Å². The Kier molecular flexibility index (Phi) is 4.71. The summed E-state index contributed by atoms with van der Waals surface area (Å²) in [6, 6.07) is 9.67. The number of nitrogens with one attached hydrogen (secondary N) is 1. The van der Waals surface area contributed by atoms with Gasteiger partial charge >= 0.3 is 6.18 Å². The molecule has 1 aliphatic rings. The molecule has 0 atom stereocenters. The average Bonchev–Trinajstić information content (AvgIpc) is 2.61. The van der Waals surface area contributed by atoms with Crippen molar-refractivity contribution in [2.24, 2.45) is 0 Å². The Bertz CT molecular complexity index is 862. The molecule has 0 bridgehead atoms. The van der Waals surface area contributed by atoms with Gasteiger partial charge in [0.2, 0.25) is 5.91 Å². The van der Waals surface area contributed by atoms with E-state index < -0.39 is 23.2 Å². The summed E-state index contributed by atoms with van der Waals surface area (Å²) in [7, 11) is 0. The Balaban J connectivity index is 1.87. The first-order chi connectivity index (χ1) is 12.3. The fourth-order valence-corrected chi connectivity index (χ4v) is 3.11. The molecule has 7 heteroatoms. The zero-order chi connectivity index (χ0) is 18.9. The van der Waals surface area contributed by atoms with Crippen LogP contribution in [-0.2, 0) is 17.4 Å². The second kappa shape index (κ2) is 6.82. The molecule has 1 heterocycles. The number of hydrogen-bond donors (Lipinski definition) is 1. The monoisotopic (exact) mass is 362 g/mol. The van der Waals surface area contributed by atoms with E-state index in [4.69, 9.17) is 0 Å². The topological polar surface area (TPSA) is 49.4 Å². The van der Waals surface area contributed by atoms with Crippen LogP contribution >= 0.6 is 0 Å². The Morgan fingerprint density at radius 1 is 1.15 bits per heavy atom. The van der Waals surface area contributed by atoms with Gasteiger partial charge in [0.05, 0.1) is 11.1 Å². The number of halogens is 3. The van der Waals surface area contributed by atoms with E-state index >= 15 is 0 Å². The van der Waals surface area contributed by atoms with Gasteiger partial charge in [-0.2, -0.15) is 13.2 Å². The van der Waals surface area contributed by atoms with Gasteiger partial charge in [-0.15, -0.1) is 0 Å². The van der Waals surface area contributed by atoms with E-state index in [1.807, 2.05) is 6.92 Å². The molecule has 0 fully saturated rings. The summed E-state index contributed by atoms with van der Waals surface area (Å²) < 4.78 is 39.2. The first kappa shape index (κ1) is 18.0. The van der Waals surface area contributed by atoms with Gasteiger partial charge in [-0.3, -0.25) is 9.59 Å². The number of carbonyl (C=O) groups excluding carboxylic acids is 2. The highest BCUT2D eigenvalue weighted by molar-refractivity contribution is 6.06. The Hall–Kier alpha value is -2.83. The molecule has 0 aliphatic carbocycles. The van der Waals surface area contributed by atoms with Crippen LogP contribution in [0.5, 0.6) is 0 Å². The average molecular weight is 362 g/mol. The summed E-state index contributed by atoms with van der Waals surface area (Å²) in [6.07, 6.45) is -3.70. The van der Waals surface area contributed by atoms with Crippen molar-refractivity contribution < 1.29 is 22.8 Å². The highest BCUT2D eigenvalue weighted by Crippen LogP contribution is 2.33. The van der Waals surface area contributed by atoms with E-state index in [-0.39, 0.29) is 5.91 Å². The van der Waals surface area contributed by atoms with Crippen LogP contribution in [0.2, 0.25) is 0 Å². The second-order valence-electron chi connectivity index (χ2n) is 5.98. The first-order valence-corrected chi connectivity index (χ1v) is 8.22. The van der Waals surface area contributed by atoms with Crippen LogP contribution < -0.4 is 10.2 Å². The van der Waals surface area contributed by atoms with E-state index in [0.717, 1.165) is 23.4 Å². The molecule has 0 aromatic heterocycles. The molecule has 0 saturated carbocycles. The van der Waals surface area contributed by atoms with Crippen molar-refractivity contribution in [3.05, 3.63) is 59.2 Å². The molecule has 2 aromatic rings. The van der Waals surface area contributed by atoms with Crippen molar-refractivity contribution in [1.29, 1.82) is 0 Å². The molecule has 2 amide bonds. The van der Waals surface area contributed by atoms with Crippen molar-refractivity contribution in [1.82, 2.24) is 0 Å². The predicted molar refractivity (Wildman–Crippen MR) is 92.2 cm³/mol. The molecule has 4 nitrogen and oxygen atoms in total. The van der Waals surface area contributed by atoms with E-state index in [0.29, 0.717) is 25.1 Å². The zero-order valence-electron chi connectivity index (χ0n) is 14.1. The van der Waals surface area contributed by atoms with E-state index in [9.17, 15) is 22.8 Å². The Morgan fingerprint density at radius 3 is 2.58 bits per heavy atom. The third-order valence-corrected chi connectivity index (χ3v) is 4.33. The molecule has 0 unspecified atom stereocenters. The van der Waals surface area contributed by atoms with Crippen molar-refractivity contribution in [3.63, 3.8) is 0 Å². The van der Waals surface area contributed by atoms with E-state index in [1.54, 1.807) is 23.1 Å². The molecular weight excluding hydrogens is 345 g/mol. The van der Waals surface area contributed by atoms with E-state index in [1.165, 1.54) is 12.1 Å². The number of benzene rings is 2. The molecule has 0 spiro atoms. The number of anilines is 2. The number of alkyl halides is 3. The maximum absolute atomic E-state index is 13.1. The largest absolute Gasteiger partial charge is 0.417 e. The number of fused-ring (bicyclic) bond motifs is 1. The highest BCUT2D eigenvalue weighted by Gasteiger charge is 2.35. The number of rotatable bonds is 3. The fraction of sp³-hybridized carbons (Fsp3) is 0.263. The van der Waals surface area contributed by atoms with Gasteiger partial charge < -0.3 is 10.2 Å². The van der Waals surface area contributed by atoms with Crippen LogP contribution in [0, 0.1) is 0 Å². The lowest BCUT2D eigenvalue weighted by Gasteiger charge is -2.28. The van der Waals surface area contributed by atoms with Crippen LogP contribution in [0.3, 0.4) is 0 Å². The molecule has 1 aliphatic heterocycles. The van der Waals surface area contributed by atoms with Gasteiger partial charge in [-0.05, 0) is 49.2 Å². The SMILES string of the molecule is CCN1C(=O)CCc2cc(NC(=O)c3ccccc3C(F)(F)F)ccc21. The predicted octanol–water partition coefficient (Wildman–Crippen LogP) is 4.26. The maximum Gasteiger partial charge on any atom is 0.417 e. The minimum Gasteiger partial charge on any atom is -0.322 e. The molecule has 0 radical (unpaired) electrons. The van der Waals surface area contributed by atoms with Crippen molar-refractivity contribution >= 4 is 23.2 Å². The number of amides is 2. The summed E-state index contributed by atoms with van der Waals surface area (Å²) in [4.78, 5) is 25.9. The molecule has 26 heavy (non-hydrogen) atoms. The summed E-state index contributed by atoms with van der Waals surface area (Å²) in [5, 5.41) is 2.52. The molecule has 1 N–H and O–H groups in total. The number of carbonyl (C=O) groups is 2. The zero-order valence-corrected chi connectivity index (χ0v) is 14.1. The van der Waals surface area contributed by atoms with Crippen molar-refractivity contribution in [2.75, 3.05) is 16.8 Å². The van der Waals surface area contributed by atoms with Crippen molar-refractivity contribution in [3.8, 4) is 0 Å². The highest BCUT2D eigenvalue weighted by atomic mass is 19.4. The fourth-order valence-electron chi connectivity index (χ4n) is 3.11. The minimum atomic E-state index is -4.61. The van der Waals surface area contributed by atoms with Gasteiger partial charge in [0.1, 0.15) is 0 Å². The normalized spacial score (nSPS) is 14.2. The summed E-state index contributed by atoms with van der Waals surface area (Å²) in [6.45, 7) is 2.41. The second-order valence-corrected chi connectivity index (χ2v) is 5.98. The summed E-state index contributed by atoms with van der Waals surface area (Å²) in [5.74, 6) is -0.784. The minimum absolute atomic E-state index is 0.0379. The lowest BCUT2D eigenvalue weighted by molar-refractivity contribution is -0.137. The van der Waals surface area contributed by atoms with Crippen LogP contribution in [-0.4, -0.2) is 18.4 Å².